The van der Waals surface area contributed by atoms with E-state index in [1.807, 2.05) is 47.7 Å². The van der Waals surface area contributed by atoms with Crippen molar-refractivity contribution in [2.45, 2.75) is 32.7 Å². The van der Waals surface area contributed by atoms with Crippen LogP contribution in [-0.4, -0.2) is 80.5 Å². The fraction of sp³-hybridized carbons (Fsp3) is 0.565. The Labute approximate surface area is 195 Å². The van der Waals surface area contributed by atoms with Crippen LogP contribution in [0, 0.1) is 13.8 Å². The summed E-state index contributed by atoms with van der Waals surface area (Å²) >= 11 is 0. The minimum absolute atomic E-state index is 0.0385. The zero-order chi connectivity index (χ0) is 23.6. The first-order valence-electron chi connectivity index (χ1n) is 11.4. The summed E-state index contributed by atoms with van der Waals surface area (Å²) in [5.74, 6) is 1.22. The van der Waals surface area contributed by atoms with Gasteiger partial charge in [-0.3, -0.25) is 4.68 Å². The van der Waals surface area contributed by atoms with Gasteiger partial charge in [0.05, 0.1) is 41.7 Å². The van der Waals surface area contributed by atoms with Crippen molar-refractivity contribution in [1.29, 1.82) is 0 Å². The number of hydrogen-bond donors (Lipinski definition) is 1. The molecule has 0 spiro atoms. The third-order valence-corrected chi connectivity index (χ3v) is 8.32. The summed E-state index contributed by atoms with van der Waals surface area (Å²) in [6, 6.07) is 7.75. The fourth-order valence-corrected chi connectivity index (χ4v) is 6.48. The number of carbonyl (C=O) groups is 1. The van der Waals surface area contributed by atoms with Crippen molar-refractivity contribution in [2.75, 3.05) is 56.2 Å². The molecule has 1 unspecified atom stereocenters. The molecule has 1 N–H and O–H groups in total. The Kier molecular flexibility index (Phi) is 6.83. The maximum absolute atomic E-state index is 12.6. The maximum Gasteiger partial charge on any atom is 0.317 e. The minimum Gasteiger partial charge on any atom is -0.497 e. The molecule has 9 nitrogen and oxygen atoms in total. The molecule has 1 aromatic carbocycles. The van der Waals surface area contributed by atoms with E-state index in [2.05, 4.69) is 15.3 Å². The van der Waals surface area contributed by atoms with Gasteiger partial charge in [-0.1, -0.05) is 12.1 Å². The molecule has 10 heteroatoms. The highest BCUT2D eigenvalue weighted by atomic mass is 32.2. The normalized spacial score (nSPS) is 20.2. The average Bonchev–Trinajstić information content (AvgIpc) is 3.31. The molecule has 2 fully saturated rings. The molecule has 0 aliphatic carbocycles. The van der Waals surface area contributed by atoms with Crippen LogP contribution in [0.25, 0.3) is 0 Å². The van der Waals surface area contributed by atoms with Gasteiger partial charge in [-0.15, -0.1) is 0 Å². The molecule has 33 heavy (non-hydrogen) atoms. The van der Waals surface area contributed by atoms with E-state index in [-0.39, 0.29) is 23.6 Å². The van der Waals surface area contributed by atoms with Crippen LogP contribution in [-0.2, 0) is 16.3 Å². The predicted octanol–water partition coefficient (Wildman–Crippen LogP) is 1.94. The molecule has 180 valence electrons. The summed E-state index contributed by atoms with van der Waals surface area (Å²) in [6.45, 7) is 7.29. The third-order valence-electron chi connectivity index (χ3n) is 6.57. The minimum atomic E-state index is -2.97. The van der Waals surface area contributed by atoms with E-state index in [1.54, 1.807) is 7.11 Å². The topological polar surface area (TPSA) is 96.8 Å². The number of hydrogen-bond acceptors (Lipinski definition) is 6. The van der Waals surface area contributed by atoms with E-state index in [0.29, 0.717) is 26.1 Å². The Bertz CT molecular complexity index is 1090. The number of piperazine rings is 1. The van der Waals surface area contributed by atoms with E-state index in [0.717, 1.165) is 47.9 Å². The van der Waals surface area contributed by atoms with E-state index in [1.165, 1.54) is 0 Å². The number of carbonyl (C=O) groups excluding carboxylic acids is 1. The number of methoxy groups -OCH3 is 1. The molecule has 2 aliphatic heterocycles. The quantitative estimate of drug-likeness (QED) is 0.686. The van der Waals surface area contributed by atoms with Crippen LogP contribution in [0.2, 0.25) is 0 Å². The molecule has 0 radical (unpaired) electrons. The van der Waals surface area contributed by atoms with Crippen molar-refractivity contribution < 1.29 is 17.9 Å². The van der Waals surface area contributed by atoms with E-state index in [9.17, 15) is 13.2 Å². The first-order chi connectivity index (χ1) is 15.8. The highest BCUT2D eigenvalue weighted by molar-refractivity contribution is 7.91. The number of aromatic nitrogens is 2. The lowest BCUT2D eigenvalue weighted by Gasteiger charge is -2.36. The third kappa shape index (κ3) is 5.26. The summed E-state index contributed by atoms with van der Waals surface area (Å²) in [4.78, 5) is 16.7. The zero-order valence-corrected chi connectivity index (χ0v) is 20.4. The first kappa shape index (κ1) is 23.4. The van der Waals surface area contributed by atoms with Gasteiger partial charge in [-0.2, -0.15) is 5.10 Å². The largest absolute Gasteiger partial charge is 0.497 e. The van der Waals surface area contributed by atoms with Gasteiger partial charge in [0, 0.05) is 32.7 Å². The molecule has 2 aliphatic rings. The second kappa shape index (κ2) is 9.62. The number of nitrogens with zero attached hydrogens (tertiary/aromatic N) is 4. The molecule has 2 saturated heterocycles. The number of nitrogens with one attached hydrogen (secondary N) is 1. The number of urea groups is 1. The lowest BCUT2D eigenvalue weighted by molar-refractivity contribution is 0.194. The molecular formula is C23H33N5O4S. The van der Waals surface area contributed by atoms with Crippen molar-refractivity contribution >= 4 is 21.6 Å². The van der Waals surface area contributed by atoms with Gasteiger partial charge in [0.1, 0.15) is 5.75 Å². The van der Waals surface area contributed by atoms with Gasteiger partial charge in [0.15, 0.2) is 9.84 Å². The monoisotopic (exact) mass is 475 g/mol. The van der Waals surface area contributed by atoms with Crippen LogP contribution in [0.5, 0.6) is 5.75 Å². The molecule has 1 aromatic heterocycles. The highest BCUT2D eigenvalue weighted by Crippen LogP contribution is 2.31. The lowest BCUT2D eigenvalue weighted by atomic mass is 10.1. The van der Waals surface area contributed by atoms with Crippen LogP contribution in [0.1, 0.15) is 29.4 Å². The van der Waals surface area contributed by atoms with Gasteiger partial charge < -0.3 is 19.9 Å². The summed E-state index contributed by atoms with van der Waals surface area (Å²) in [5, 5.41) is 7.70. The van der Waals surface area contributed by atoms with Crippen molar-refractivity contribution in [3.63, 3.8) is 0 Å². The van der Waals surface area contributed by atoms with Gasteiger partial charge in [0.25, 0.3) is 0 Å². The van der Waals surface area contributed by atoms with Crippen LogP contribution >= 0.6 is 0 Å². The predicted molar refractivity (Wildman–Crippen MR) is 128 cm³/mol. The van der Waals surface area contributed by atoms with Gasteiger partial charge in [-0.05, 0) is 44.4 Å². The number of amides is 2. The fourth-order valence-electron chi connectivity index (χ4n) is 4.79. The molecule has 3 heterocycles. The molecule has 0 saturated carbocycles. The maximum atomic E-state index is 12.6. The Morgan fingerprint density at radius 2 is 1.85 bits per heavy atom. The number of benzene rings is 1. The first-order valence-corrected chi connectivity index (χ1v) is 13.3. The molecule has 2 aromatic rings. The Balaban J connectivity index is 1.29. The Hall–Kier alpha value is -2.75. The standard InChI is InChI=1S/C23H33N5O4S/c1-17-22(18(2)28(25-17)20-9-15-33(30,31)16-20)26-11-13-27(14-12-26)23(29)24-10-8-19-4-6-21(32-3)7-5-19/h4-7,20H,8-16H2,1-3H3,(H,24,29). The number of anilines is 1. The Morgan fingerprint density at radius 1 is 1.15 bits per heavy atom. The van der Waals surface area contributed by atoms with E-state index in [4.69, 9.17) is 4.74 Å². The lowest BCUT2D eigenvalue weighted by Crippen LogP contribution is -2.52. The van der Waals surface area contributed by atoms with Crippen LogP contribution < -0.4 is 15.0 Å². The summed E-state index contributed by atoms with van der Waals surface area (Å²) in [6.07, 6.45) is 1.39. The second-order valence-corrected chi connectivity index (χ2v) is 11.1. The van der Waals surface area contributed by atoms with Crippen LogP contribution in [0.3, 0.4) is 0 Å². The van der Waals surface area contributed by atoms with Crippen molar-refractivity contribution in [1.82, 2.24) is 20.0 Å². The molecule has 4 rings (SSSR count). The summed E-state index contributed by atoms with van der Waals surface area (Å²) in [7, 11) is -1.32. The van der Waals surface area contributed by atoms with Crippen LogP contribution in [0.15, 0.2) is 24.3 Å². The molecule has 0 bridgehead atoms. The zero-order valence-electron chi connectivity index (χ0n) is 19.6. The van der Waals surface area contributed by atoms with Gasteiger partial charge >= 0.3 is 6.03 Å². The van der Waals surface area contributed by atoms with E-state index < -0.39 is 9.84 Å². The van der Waals surface area contributed by atoms with Gasteiger partial charge in [-0.25, -0.2) is 13.2 Å². The summed E-state index contributed by atoms with van der Waals surface area (Å²) < 4.78 is 30.9. The number of sulfone groups is 1. The van der Waals surface area contributed by atoms with Gasteiger partial charge in [0.2, 0.25) is 0 Å². The smallest absolute Gasteiger partial charge is 0.317 e. The SMILES string of the molecule is COc1ccc(CCNC(=O)N2CCN(c3c(C)nn(C4CCS(=O)(=O)C4)c3C)CC2)cc1. The molecule has 1 atom stereocenters. The highest BCUT2D eigenvalue weighted by Gasteiger charge is 2.33. The van der Waals surface area contributed by atoms with Crippen LogP contribution in [0.4, 0.5) is 10.5 Å². The van der Waals surface area contributed by atoms with Crippen molar-refractivity contribution in [3.05, 3.63) is 41.2 Å². The second-order valence-electron chi connectivity index (χ2n) is 8.82. The number of rotatable bonds is 6. The van der Waals surface area contributed by atoms with Crippen molar-refractivity contribution in [2.24, 2.45) is 0 Å². The summed E-state index contributed by atoms with van der Waals surface area (Å²) in [5.41, 5.74) is 4.14. The van der Waals surface area contributed by atoms with Crippen molar-refractivity contribution in [3.8, 4) is 5.75 Å². The Morgan fingerprint density at radius 3 is 2.45 bits per heavy atom. The average molecular weight is 476 g/mol. The number of ether oxygens (including phenoxy) is 1. The van der Waals surface area contributed by atoms with E-state index >= 15 is 0 Å². The molecular weight excluding hydrogens is 442 g/mol. The molecule has 2 amide bonds. The number of aryl methyl sites for hydroxylation is 1.